The number of hydrogen-bond donors (Lipinski definition) is 1. The van der Waals surface area contributed by atoms with Crippen molar-refractivity contribution in [2.75, 3.05) is 19.7 Å². The zero-order valence-electron chi connectivity index (χ0n) is 12.1. The van der Waals surface area contributed by atoms with E-state index in [0.29, 0.717) is 6.61 Å². The Morgan fingerprint density at radius 3 is 2.80 bits per heavy atom. The fraction of sp³-hybridized carbons (Fsp3) is 0.714. The maximum Gasteiger partial charge on any atom is 0.311 e. The number of carbonyl (C=O) groups excluding carboxylic acids is 1. The third-order valence-electron chi connectivity index (χ3n) is 3.68. The van der Waals surface area contributed by atoms with E-state index in [1.165, 1.54) is 24.2 Å². The van der Waals surface area contributed by atoms with Gasteiger partial charge >= 0.3 is 10.8 Å². The van der Waals surface area contributed by atoms with Crippen molar-refractivity contribution in [2.45, 2.75) is 39.7 Å². The first-order valence-corrected chi connectivity index (χ1v) is 7.99. The highest BCUT2D eigenvalue weighted by Crippen LogP contribution is 2.20. The van der Waals surface area contributed by atoms with Crippen LogP contribution in [0.1, 0.15) is 37.3 Å². The molecule has 6 heteroatoms. The van der Waals surface area contributed by atoms with Crippen LogP contribution in [0.3, 0.4) is 0 Å². The molecule has 1 aliphatic rings. The molecule has 5 nitrogen and oxygen atoms in total. The number of aromatic nitrogens is 1. The van der Waals surface area contributed by atoms with E-state index in [-0.39, 0.29) is 17.3 Å². The van der Waals surface area contributed by atoms with Gasteiger partial charge in [-0.1, -0.05) is 18.3 Å². The number of rotatable bonds is 5. The Kier molecular flexibility index (Phi) is 5.37. The minimum absolute atomic E-state index is 0.0929. The molecule has 112 valence electrons. The summed E-state index contributed by atoms with van der Waals surface area (Å²) in [5, 5.41) is 0. The van der Waals surface area contributed by atoms with Gasteiger partial charge in [0, 0.05) is 17.1 Å². The van der Waals surface area contributed by atoms with Gasteiger partial charge in [0.2, 0.25) is 0 Å². The molecule has 20 heavy (non-hydrogen) atoms. The summed E-state index contributed by atoms with van der Waals surface area (Å²) in [4.78, 5) is 29.1. The van der Waals surface area contributed by atoms with Crippen molar-refractivity contribution in [1.82, 2.24) is 9.88 Å². The topological polar surface area (TPSA) is 62.4 Å². The van der Waals surface area contributed by atoms with Gasteiger partial charge in [0.25, 0.3) is 0 Å². The van der Waals surface area contributed by atoms with Crippen LogP contribution >= 0.6 is 11.3 Å². The van der Waals surface area contributed by atoms with Crippen LogP contribution in [0.15, 0.2) is 4.79 Å². The lowest BCUT2D eigenvalue weighted by Gasteiger charge is -2.29. The highest BCUT2D eigenvalue weighted by atomic mass is 32.1. The summed E-state index contributed by atoms with van der Waals surface area (Å²) in [5.74, 6) is 0.505. The van der Waals surface area contributed by atoms with E-state index in [4.69, 9.17) is 4.74 Å². The van der Waals surface area contributed by atoms with E-state index in [2.05, 4.69) is 16.8 Å². The molecule has 1 saturated heterocycles. The average molecular weight is 298 g/mol. The van der Waals surface area contributed by atoms with Gasteiger partial charge in [-0.05, 0) is 38.8 Å². The second-order valence-corrected chi connectivity index (χ2v) is 6.42. The Bertz CT molecular complexity index is 501. The van der Waals surface area contributed by atoms with Gasteiger partial charge in [-0.2, -0.15) is 0 Å². The molecule has 0 bridgehead atoms. The number of likely N-dealkylation sites (tertiary alicyclic amines) is 1. The average Bonchev–Trinajstić information content (AvgIpc) is 2.72. The molecule has 2 heterocycles. The number of thiazole rings is 1. The normalized spacial score (nSPS) is 17.3. The molecule has 1 aromatic heterocycles. The summed E-state index contributed by atoms with van der Waals surface area (Å²) < 4.78 is 4.94. The smallest absolute Gasteiger partial charge is 0.311 e. The molecule has 1 N–H and O–H groups in total. The van der Waals surface area contributed by atoms with Gasteiger partial charge in [-0.25, -0.2) is 0 Å². The predicted octanol–water partition coefficient (Wildman–Crippen LogP) is 1.77. The van der Waals surface area contributed by atoms with Gasteiger partial charge < -0.3 is 9.72 Å². The lowest BCUT2D eigenvalue weighted by atomic mass is 9.99. The highest BCUT2D eigenvalue weighted by molar-refractivity contribution is 7.09. The van der Waals surface area contributed by atoms with E-state index in [0.717, 1.165) is 36.1 Å². The quantitative estimate of drug-likeness (QED) is 0.842. The maximum atomic E-state index is 11.6. The monoisotopic (exact) mass is 298 g/mol. The molecule has 0 saturated carbocycles. The van der Waals surface area contributed by atoms with Crippen LogP contribution in [0.5, 0.6) is 0 Å². The Morgan fingerprint density at radius 1 is 1.45 bits per heavy atom. The molecule has 0 unspecified atom stereocenters. The third kappa shape index (κ3) is 4.18. The number of hydrogen-bond acceptors (Lipinski definition) is 5. The van der Waals surface area contributed by atoms with Crippen molar-refractivity contribution in [3.05, 3.63) is 20.2 Å². The Labute approximate surface area is 122 Å². The highest BCUT2D eigenvalue weighted by Gasteiger charge is 2.19. The molecule has 1 fully saturated rings. The van der Waals surface area contributed by atoms with Crippen molar-refractivity contribution >= 4 is 17.3 Å². The largest absolute Gasteiger partial charge is 0.466 e. The molecular formula is C14H22N2O3S. The minimum Gasteiger partial charge on any atom is -0.466 e. The van der Waals surface area contributed by atoms with Gasteiger partial charge in [-0.3, -0.25) is 14.5 Å². The van der Waals surface area contributed by atoms with E-state index < -0.39 is 0 Å². The number of aromatic amines is 1. The summed E-state index contributed by atoms with van der Waals surface area (Å²) >= 11 is 1.21. The van der Waals surface area contributed by atoms with Crippen LogP contribution in [0.4, 0.5) is 0 Å². The maximum absolute atomic E-state index is 11.6. The first-order valence-electron chi connectivity index (χ1n) is 7.17. The number of carbonyl (C=O) groups is 1. The van der Waals surface area contributed by atoms with Crippen molar-refractivity contribution < 1.29 is 9.53 Å². The molecule has 0 aliphatic carbocycles. The molecular weight excluding hydrogens is 276 g/mol. The number of ether oxygens (including phenoxy) is 1. The molecule has 0 atom stereocenters. The number of nitrogens with zero attached hydrogens (tertiary/aromatic N) is 1. The fourth-order valence-electron chi connectivity index (χ4n) is 2.44. The molecule has 1 aliphatic heterocycles. The van der Waals surface area contributed by atoms with Crippen LogP contribution in [-0.2, 0) is 22.5 Å². The zero-order valence-corrected chi connectivity index (χ0v) is 12.9. The molecule has 0 radical (unpaired) electrons. The standard InChI is InChI=1S/C14H22N2O3S/c1-3-19-13(17)8-11-12(20-14(18)15-11)9-16-6-4-10(2)5-7-16/h10H,3-9H2,1-2H3,(H,15,18). The van der Waals surface area contributed by atoms with Crippen molar-refractivity contribution in [3.8, 4) is 0 Å². The lowest BCUT2D eigenvalue weighted by Crippen LogP contribution is -2.32. The fourth-order valence-corrected chi connectivity index (χ4v) is 3.33. The van der Waals surface area contributed by atoms with E-state index in [1.54, 1.807) is 6.92 Å². The first kappa shape index (κ1) is 15.3. The Hall–Kier alpha value is -1.14. The number of esters is 1. The predicted molar refractivity (Wildman–Crippen MR) is 79.0 cm³/mol. The zero-order chi connectivity index (χ0) is 14.5. The first-order chi connectivity index (χ1) is 9.58. The number of H-pyrrole nitrogens is 1. The van der Waals surface area contributed by atoms with Crippen molar-refractivity contribution in [1.29, 1.82) is 0 Å². The molecule has 2 rings (SSSR count). The summed E-state index contributed by atoms with van der Waals surface area (Å²) in [6.07, 6.45) is 2.56. The van der Waals surface area contributed by atoms with E-state index >= 15 is 0 Å². The van der Waals surface area contributed by atoms with E-state index in [9.17, 15) is 9.59 Å². The minimum atomic E-state index is -0.282. The van der Waals surface area contributed by atoms with Crippen LogP contribution in [0.2, 0.25) is 0 Å². The van der Waals surface area contributed by atoms with Gasteiger partial charge in [0.1, 0.15) is 0 Å². The third-order valence-corrected chi connectivity index (χ3v) is 4.58. The van der Waals surface area contributed by atoms with Crippen molar-refractivity contribution in [2.24, 2.45) is 5.92 Å². The van der Waals surface area contributed by atoms with Gasteiger partial charge in [0.15, 0.2) is 0 Å². The van der Waals surface area contributed by atoms with Gasteiger partial charge in [-0.15, -0.1) is 0 Å². The summed E-state index contributed by atoms with van der Waals surface area (Å²) in [5.41, 5.74) is 0.720. The lowest BCUT2D eigenvalue weighted by molar-refractivity contribution is -0.142. The number of piperidine rings is 1. The van der Waals surface area contributed by atoms with Crippen LogP contribution < -0.4 is 4.87 Å². The summed E-state index contributed by atoms with van der Waals surface area (Å²) in [7, 11) is 0. The van der Waals surface area contributed by atoms with Crippen LogP contribution in [-0.4, -0.2) is 35.5 Å². The van der Waals surface area contributed by atoms with Gasteiger partial charge in [0.05, 0.1) is 13.0 Å². The van der Waals surface area contributed by atoms with Crippen LogP contribution in [0, 0.1) is 5.92 Å². The molecule has 0 aromatic carbocycles. The molecule has 0 amide bonds. The molecule has 1 aromatic rings. The second-order valence-electron chi connectivity index (χ2n) is 5.36. The van der Waals surface area contributed by atoms with Crippen molar-refractivity contribution in [3.63, 3.8) is 0 Å². The number of nitrogens with one attached hydrogen (secondary N) is 1. The van der Waals surface area contributed by atoms with Crippen LogP contribution in [0.25, 0.3) is 0 Å². The molecule has 0 spiro atoms. The SMILES string of the molecule is CCOC(=O)Cc1[nH]c(=O)sc1CN1CCC(C)CC1. The summed E-state index contributed by atoms with van der Waals surface area (Å²) in [6.45, 7) is 7.30. The summed E-state index contributed by atoms with van der Waals surface area (Å²) in [6, 6.07) is 0. The Morgan fingerprint density at radius 2 is 2.15 bits per heavy atom. The second kappa shape index (κ2) is 7.04. The van der Waals surface area contributed by atoms with E-state index in [1.807, 2.05) is 0 Å². The Balaban J connectivity index is 2.00.